The lowest BCUT2D eigenvalue weighted by atomic mass is 10.2. The first kappa shape index (κ1) is 13.8. The molecule has 2 N–H and O–H groups in total. The van der Waals surface area contributed by atoms with Crippen LogP contribution < -0.4 is 10.6 Å². The van der Waals surface area contributed by atoms with Crippen LogP contribution in [0.3, 0.4) is 0 Å². The molecule has 0 aliphatic heterocycles. The van der Waals surface area contributed by atoms with Gasteiger partial charge in [-0.2, -0.15) is 0 Å². The third-order valence-electron chi connectivity index (χ3n) is 3.75. The topological polar surface area (TPSA) is 49.8 Å². The van der Waals surface area contributed by atoms with Crippen LogP contribution in [0.1, 0.15) is 35.7 Å². The van der Waals surface area contributed by atoms with Gasteiger partial charge in [0, 0.05) is 30.6 Å². The van der Waals surface area contributed by atoms with Crippen LogP contribution in [0.5, 0.6) is 0 Å². The molecule has 1 aromatic heterocycles. The Kier molecular flexibility index (Phi) is 3.73. The van der Waals surface area contributed by atoms with E-state index in [0.29, 0.717) is 18.0 Å². The summed E-state index contributed by atoms with van der Waals surface area (Å²) in [5.74, 6) is 2.77. The van der Waals surface area contributed by atoms with Crippen molar-refractivity contribution in [2.45, 2.75) is 32.2 Å². The molecule has 3 rings (SSSR count). The maximum atomic E-state index is 13.7. The molecule has 110 valence electrons. The Bertz CT molecular complexity index is 653. The highest BCUT2D eigenvalue weighted by molar-refractivity contribution is 5.57. The molecule has 0 unspecified atom stereocenters. The number of hydrogen-bond donors (Lipinski definition) is 2. The van der Waals surface area contributed by atoms with E-state index >= 15 is 0 Å². The van der Waals surface area contributed by atoms with Gasteiger partial charge in [0.1, 0.15) is 23.3 Å². The molecule has 0 atom stereocenters. The Labute approximate surface area is 123 Å². The molecule has 0 bridgehead atoms. The summed E-state index contributed by atoms with van der Waals surface area (Å²) in [6, 6.07) is 6.78. The molecule has 1 saturated carbocycles. The fourth-order valence-corrected chi connectivity index (χ4v) is 2.29. The number of aromatic nitrogens is 2. The second kappa shape index (κ2) is 5.68. The van der Waals surface area contributed by atoms with E-state index in [9.17, 15) is 4.39 Å². The molecular formula is C16H19FN4. The number of nitrogens with zero attached hydrogens (tertiary/aromatic N) is 2. The SMILES string of the molecule is CNc1nc(C2CC2)nc(NCc2ccccc2F)c1C. The Morgan fingerprint density at radius 1 is 1.19 bits per heavy atom. The standard InChI is InChI=1S/C16H19FN4/c1-10-14(18-2)20-16(11-7-8-11)21-15(10)19-9-12-5-3-4-6-13(12)17/h3-6,11H,7-9H2,1-2H3,(H2,18,19,20,21). The van der Waals surface area contributed by atoms with Crippen molar-refractivity contribution < 1.29 is 4.39 Å². The molecule has 1 heterocycles. The van der Waals surface area contributed by atoms with E-state index in [-0.39, 0.29) is 5.82 Å². The van der Waals surface area contributed by atoms with Crippen LogP contribution in [0.2, 0.25) is 0 Å². The van der Waals surface area contributed by atoms with E-state index in [1.165, 1.54) is 6.07 Å². The molecule has 5 heteroatoms. The van der Waals surface area contributed by atoms with Crippen molar-refractivity contribution >= 4 is 11.6 Å². The zero-order valence-corrected chi connectivity index (χ0v) is 12.3. The van der Waals surface area contributed by atoms with Gasteiger partial charge < -0.3 is 10.6 Å². The first-order chi connectivity index (χ1) is 10.2. The van der Waals surface area contributed by atoms with Crippen molar-refractivity contribution in [2.75, 3.05) is 17.7 Å². The van der Waals surface area contributed by atoms with E-state index in [2.05, 4.69) is 20.6 Å². The van der Waals surface area contributed by atoms with Crippen LogP contribution >= 0.6 is 0 Å². The van der Waals surface area contributed by atoms with Gasteiger partial charge in [-0.3, -0.25) is 0 Å². The summed E-state index contributed by atoms with van der Waals surface area (Å²) in [6.45, 7) is 2.38. The fraction of sp³-hybridized carbons (Fsp3) is 0.375. The van der Waals surface area contributed by atoms with Gasteiger partial charge in [-0.25, -0.2) is 14.4 Å². The van der Waals surface area contributed by atoms with Crippen LogP contribution in [-0.4, -0.2) is 17.0 Å². The van der Waals surface area contributed by atoms with Crippen molar-refractivity contribution in [3.8, 4) is 0 Å². The fourth-order valence-electron chi connectivity index (χ4n) is 2.29. The minimum absolute atomic E-state index is 0.201. The maximum absolute atomic E-state index is 13.7. The molecule has 0 saturated heterocycles. The summed E-state index contributed by atoms with van der Waals surface area (Å²) < 4.78 is 13.7. The number of anilines is 2. The molecule has 1 aliphatic rings. The summed E-state index contributed by atoms with van der Waals surface area (Å²) in [4.78, 5) is 9.15. The van der Waals surface area contributed by atoms with Crippen molar-refractivity contribution in [3.05, 3.63) is 47.0 Å². The van der Waals surface area contributed by atoms with Crippen molar-refractivity contribution in [3.63, 3.8) is 0 Å². The zero-order chi connectivity index (χ0) is 14.8. The average Bonchev–Trinajstić information content (AvgIpc) is 3.32. The van der Waals surface area contributed by atoms with Gasteiger partial charge in [0.05, 0.1) is 0 Å². The predicted molar refractivity (Wildman–Crippen MR) is 82.0 cm³/mol. The molecule has 0 spiro atoms. The van der Waals surface area contributed by atoms with E-state index in [1.54, 1.807) is 12.1 Å². The summed E-state index contributed by atoms with van der Waals surface area (Å²) in [6.07, 6.45) is 2.30. The predicted octanol–water partition coefficient (Wildman–Crippen LogP) is 3.46. The number of benzene rings is 1. The average molecular weight is 286 g/mol. The first-order valence-corrected chi connectivity index (χ1v) is 7.22. The summed E-state index contributed by atoms with van der Waals surface area (Å²) in [5.41, 5.74) is 1.59. The van der Waals surface area contributed by atoms with Gasteiger partial charge >= 0.3 is 0 Å². The van der Waals surface area contributed by atoms with Gasteiger partial charge in [0.2, 0.25) is 0 Å². The highest BCUT2D eigenvalue weighted by Gasteiger charge is 2.28. The molecule has 4 nitrogen and oxygen atoms in total. The summed E-state index contributed by atoms with van der Waals surface area (Å²) in [7, 11) is 1.85. The summed E-state index contributed by atoms with van der Waals surface area (Å²) >= 11 is 0. The Morgan fingerprint density at radius 2 is 1.90 bits per heavy atom. The first-order valence-electron chi connectivity index (χ1n) is 7.22. The minimum Gasteiger partial charge on any atom is -0.373 e. The normalized spacial score (nSPS) is 14.0. The monoisotopic (exact) mass is 286 g/mol. The van der Waals surface area contributed by atoms with Gasteiger partial charge in [0.25, 0.3) is 0 Å². The van der Waals surface area contributed by atoms with Crippen molar-refractivity contribution in [1.82, 2.24) is 9.97 Å². The van der Waals surface area contributed by atoms with Gasteiger partial charge in [-0.05, 0) is 25.8 Å². The third kappa shape index (κ3) is 2.96. The van der Waals surface area contributed by atoms with Crippen LogP contribution in [0.15, 0.2) is 24.3 Å². The number of nitrogens with one attached hydrogen (secondary N) is 2. The largest absolute Gasteiger partial charge is 0.373 e. The quantitative estimate of drug-likeness (QED) is 0.884. The van der Waals surface area contributed by atoms with Crippen LogP contribution in [-0.2, 0) is 6.54 Å². The molecular weight excluding hydrogens is 267 g/mol. The molecule has 0 amide bonds. The minimum atomic E-state index is -0.201. The molecule has 1 fully saturated rings. The zero-order valence-electron chi connectivity index (χ0n) is 12.3. The molecule has 1 aromatic carbocycles. The highest BCUT2D eigenvalue weighted by atomic mass is 19.1. The molecule has 1 aliphatic carbocycles. The second-order valence-corrected chi connectivity index (χ2v) is 5.37. The smallest absolute Gasteiger partial charge is 0.136 e. The van der Waals surface area contributed by atoms with Gasteiger partial charge in [0.15, 0.2) is 0 Å². The molecule has 2 aromatic rings. The molecule has 21 heavy (non-hydrogen) atoms. The van der Waals surface area contributed by atoms with E-state index in [4.69, 9.17) is 0 Å². The lowest BCUT2D eigenvalue weighted by molar-refractivity contribution is 0.613. The van der Waals surface area contributed by atoms with Crippen molar-refractivity contribution in [2.24, 2.45) is 0 Å². The molecule has 0 radical (unpaired) electrons. The van der Waals surface area contributed by atoms with Gasteiger partial charge in [-0.15, -0.1) is 0 Å². The highest BCUT2D eigenvalue weighted by Crippen LogP contribution is 2.39. The second-order valence-electron chi connectivity index (χ2n) is 5.37. The van der Waals surface area contributed by atoms with Gasteiger partial charge in [-0.1, -0.05) is 18.2 Å². The number of halogens is 1. The number of hydrogen-bond acceptors (Lipinski definition) is 4. The maximum Gasteiger partial charge on any atom is 0.136 e. The summed E-state index contributed by atoms with van der Waals surface area (Å²) in [5, 5.41) is 6.34. The van der Waals surface area contributed by atoms with Crippen LogP contribution in [0, 0.1) is 12.7 Å². The lowest BCUT2D eigenvalue weighted by Crippen LogP contribution is -2.10. The Hall–Kier alpha value is -2.17. The van der Waals surface area contributed by atoms with E-state index < -0.39 is 0 Å². The third-order valence-corrected chi connectivity index (χ3v) is 3.75. The Morgan fingerprint density at radius 3 is 2.57 bits per heavy atom. The van der Waals surface area contributed by atoms with Crippen LogP contribution in [0.4, 0.5) is 16.0 Å². The number of rotatable bonds is 5. The van der Waals surface area contributed by atoms with Crippen molar-refractivity contribution in [1.29, 1.82) is 0 Å². The van der Waals surface area contributed by atoms with E-state index in [1.807, 2.05) is 20.0 Å². The Balaban J connectivity index is 1.84. The van der Waals surface area contributed by atoms with Crippen LogP contribution in [0.25, 0.3) is 0 Å². The van der Waals surface area contributed by atoms with E-state index in [0.717, 1.165) is 35.9 Å². The lowest BCUT2D eigenvalue weighted by Gasteiger charge is -2.14.